The standard InChI is InChI=1S/C60H39BN3O/c1-2-18-42(19-3-1)62-52-37-40(44-21-4-10-27-53(44)64-56-30-13-7-24-48(56)49-25-8-14-31-57(49)64)33-34-45(52)50-36-41(38-59-60(50)61-51-26-9-15-32-58(51)65-59)39-17-16-20-43(35-39)63-54-28-11-5-22-46(54)47-23-6-12-29-55(47)63/h1-38,62H. The van der Waals surface area contributed by atoms with Gasteiger partial charge in [0.15, 0.2) is 0 Å². The lowest BCUT2D eigenvalue weighted by molar-refractivity contribution is 0.488. The Hall–Kier alpha value is -8.54. The number of fused-ring (bicyclic) bond motifs is 8. The van der Waals surface area contributed by atoms with Crippen molar-refractivity contribution in [2.75, 3.05) is 5.32 Å². The van der Waals surface area contributed by atoms with Crippen molar-refractivity contribution in [3.63, 3.8) is 0 Å². The van der Waals surface area contributed by atoms with Crippen molar-refractivity contribution in [2.45, 2.75) is 0 Å². The van der Waals surface area contributed by atoms with Crippen LogP contribution >= 0.6 is 0 Å². The predicted octanol–water partition coefficient (Wildman–Crippen LogP) is 14.4. The highest BCUT2D eigenvalue weighted by molar-refractivity contribution is 6.71. The van der Waals surface area contributed by atoms with Gasteiger partial charge in [0.25, 0.3) is 0 Å². The maximum Gasteiger partial charge on any atom is 0.202 e. The van der Waals surface area contributed by atoms with Gasteiger partial charge in [-0.25, -0.2) is 0 Å². The van der Waals surface area contributed by atoms with Gasteiger partial charge < -0.3 is 19.2 Å². The van der Waals surface area contributed by atoms with E-state index in [0.717, 1.165) is 78.6 Å². The molecular weight excluding hydrogens is 789 g/mol. The Bertz CT molecular complexity index is 3720. The molecule has 10 aromatic carbocycles. The molecule has 0 saturated carbocycles. The molecule has 303 valence electrons. The van der Waals surface area contributed by atoms with Crippen LogP contribution in [0.1, 0.15) is 0 Å². The molecule has 0 unspecified atom stereocenters. The molecule has 1 radical (unpaired) electrons. The van der Waals surface area contributed by atoms with Crippen molar-refractivity contribution >= 4 is 73.2 Å². The van der Waals surface area contributed by atoms with E-state index in [9.17, 15) is 0 Å². The summed E-state index contributed by atoms with van der Waals surface area (Å²) in [6, 6.07) is 82.6. The van der Waals surface area contributed by atoms with Crippen molar-refractivity contribution in [3.05, 3.63) is 231 Å². The average Bonchev–Trinajstić information content (AvgIpc) is 3.89. The molecular formula is C60H39BN3O. The summed E-state index contributed by atoms with van der Waals surface area (Å²) in [6.45, 7) is 0. The van der Waals surface area contributed by atoms with Gasteiger partial charge in [-0.3, -0.25) is 0 Å². The summed E-state index contributed by atoms with van der Waals surface area (Å²) in [6.07, 6.45) is 0. The van der Waals surface area contributed by atoms with Gasteiger partial charge in [0.2, 0.25) is 7.28 Å². The SMILES string of the molecule is [B]1c2ccccc2Oc2cc(-c3cccc(-n4c5ccccc5c5ccccc54)c3)cc(-c3ccc(-c4ccccc4-n4c5ccccc5c5ccccc54)cc3Nc3ccccc3)c21. The Morgan fingerprint density at radius 1 is 0.369 bits per heavy atom. The van der Waals surface area contributed by atoms with E-state index in [1.165, 1.54) is 43.6 Å². The number of rotatable bonds is 7. The second kappa shape index (κ2) is 15.1. The topological polar surface area (TPSA) is 31.1 Å². The third kappa shape index (κ3) is 6.16. The molecule has 2 aromatic heterocycles. The van der Waals surface area contributed by atoms with Crippen LogP contribution in [0.4, 0.5) is 11.4 Å². The van der Waals surface area contributed by atoms with E-state index in [1.807, 2.05) is 6.07 Å². The van der Waals surface area contributed by atoms with Crippen molar-refractivity contribution in [1.82, 2.24) is 9.13 Å². The largest absolute Gasteiger partial charge is 0.458 e. The minimum absolute atomic E-state index is 0.824. The Kier molecular flexibility index (Phi) is 8.60. The highest BCUT2D eigenvalue weighted by Gasteiger charge is 2.25. The molecule has 3 heterocycles. The second-order valence-electron chi connectivity index (χ2n) is 16.8. The smallest absolute Gasteiger partial charge is 0.202 e. The first-order valence-corrected chi connectivity index (χ1v) is 22.2. The van der Waals surface area contributed by atoms with Gasteiger partial charge in [-0.1, -0.05) is 152 Å². The number of hydrogen-bond acceptors (Lipinski definition) is 2. The third-order valence-electron chi connectivity index (χ3n) is 13.0. The van der Waals surface area contributed by atoms with Gasteiger partial charge in [0, 0.05) is 49.7 Å². The van der Waals surface area contributed by atoms with Crippen LogP contribution in [0.25, 0.3) is 88.4 Å². The normalized spacial score (nSPS) is 11.9. The predicted molar refractivity (Wildman–Crippen MR) is 273 cm³/mol. The number of ether oxygens (including phenoxy) is 1. The van der Waals surface area contributed by atoms with Crippen molar-refractivity contribution in [3.8, 4) is 56.3 Å². The fourth-order valence-electron chi connectivity index (χ4n) is 10.1. The lowest BCUT2D eigenvalue weighted by Gasteiger charge is -2.25. The number of anilines is 2. The van der Waals surface area contributed by atoms with E-state index in [4.69, 9.17) is 4.74 Å². The summed E-state index contributed by atoms with van der Waals surface area (Å²) >= 11 is 0. The zero-order valence-electron chi connectivity index (χ0n) is 35.3. The van der Waals surface area contributed by atoms with Gasteiger partial charge in [-0.05, 0) is 112 Å². The number of benzene rings is 10. The first kappa shape index (κ1) is 37.1. The van der Waals surface area contributed by atoms with E-state index >= 15 is 0 Å². The number of aromatic nitrogens is 2. The summed E-state index contributed by atoms with van der Waals surface area (Å²) in [5.41, 5.74) is 17.6. The highest BCUT2D eigenvalue weighted by atomic mass is 16.5. The summed E-state index contributed by atoms with van der Waals surface area (Å²) in [4.78, 5) is 0. The number of para-hydroxylation sites is 7. The fraction of sp³-hybridized carbons (Fsp3) is 0. The second-order valence-corrected chi connectivity index (χ2v) is 16.8. The third-order valence-corrected chi connectivity index (χ3v) is 13.0. The minimum Gasteiger partial charge on any atom is -0.458 e. The molecule has 0 fully saturated rings. The fourth-order valence-corrected chi connectivity index (χ4v) is 10.1. The Morgan fingerprint density at radius 2 is 0.969 bits per heavy atom. The Morgan fingerprint density at radius 3 is 1.68 bits per heavy atom. The summed E-state index contributed by atoms with van der Waals surface area (Å²) in [5.74, 6) is 1.67. The molecule has 0 bridgehead atoms. The van der Waals surface area contributed by atoms with Crippen molar-refractivity contribution in [2.24, 2.45) is 0 Å². The van der Waals surface area contributed by atoms with Gasteiger partial charge in [-0.2, -0.15) is 0 Å². The van der Waals surface area contributed by atoms with E-state index < -0.39 is 0 Å². The highest BCUT2D eigenvalue weighted by Crippen LogP contribution is 2.42. The quantitative estimate of drug-likeness (QED) is 0.162. The number of nitrogens with one attached hydrogen (secondary N) is 1. The molecule has 1 aliphatic heterocycles. The zero-order chi connectivity index (χ0) is 42.8. The minimum atomic E-state index is 0.824. The molecule has 1 aliphatic rings. The van der Waals surface area contributed by atoms with Gasteiger partial charge in [-0.15, -0.1) is 0 Å². The number of hydrogen-bond donors (Lipinski definition) is 1. The molecule has 12 aromatic rings. The van der Waals surface area contributed by atoms with Gasteiger partial charge in [0.1, 0.15) is 11.5 Å². The summed E-state index contributed by atoms with van der Waals surface area (Å²) in [5, 5.41) is 8.84. The molecule has 1 N–H and O–H groups in total. The molecule has 65 heavy (non-hydrogen) atoms. The van der Waals surface area contributed by atoms with Crippen LogP contribution in [-0.2, 0) is 0 Å². The Labute approximate surface area is 377 Å². The molecule has 0 aliphatic carbocycles. The maximum atomic E-state index is 6.84. The van der Waals surface area contributed by atoms with Crippen LogP contribution in [0, 0.1) is 0 Å². The van der Waals surface area contributed by atoms with E-state index in [1.54, 1.807) is 0 Å². The van der Waals surface area contributed by atoms with Crippen LogP contribution in [0.3, 0.4) is 0 Å². The summed E-state index contributed by atoms with van der Waals surface area (Å²) in [7, 11) is 2.28. The summed E-state index contributed by atoms with van der Waals surface area (Å²) < 4.78 is 11.6. The van der Waals surface area contributed by atoms with Crippen LogP contribution < -0.4 is 21.0 Å². The molecule has 0 spiro atoms. The van der Waals surface area contributed by atoms with Gasteiger partial charge in [0.05, 0.1) is 27.8 Å². The average molecular weight is 829 g/mol. The molecule has 0 atom stereocenters. The van der Waals surface area contributed by atoms with Crippen molar-refractivity contribution < 1.29 is 4.74 Å². The number of nitrogens with zero attached hydrogens (tertiary/aromatic N) is 2. The Balaban J connectivity index is 1.01. The van der Waals surface area contributed by atoms with Crippen LogP contribution in [0.15, 0.2) is 231 Å². The van der Waals surface area contributed by atoms with Gasteiger partial charge >= 0.3 is 0 Å². The first-order chi connectivity index (χ1) is 32.2. The zero-order valence-corrected chi connectivity index (χ0v) is 35.3. The molecule has 0 amide bonds. The first-order valence-electron chi connectivity index (χ1n) is 22.2. The van der Waals surface area contributed by atoms with E-state index in [0.29, 0.717) is 0 Å². The lowest BCUT2D eigenvalue weighted by atomic mass is 9.59. The van der Waals surface area contributed by atoms with Crippen LogP contribution in [0.5, 0.6) is 11.5 Å². The van der Waals surface area contributed by atoms with Crippen molar-refractivity contribution in [1.29, 1.82) is 0 Å². The van der Waals surface area contributed by atoms with Crippen LogP contribution in [-0.4, -0.2) is 16.4 Å². The molecule has 5 heteroatoms. The molecule has 4 nitrogen and oxygen atoms in total. The maximum absolute atomic E-state index is 6.84. The molecule has 13 rings (SSSR count). The monoisotopic (exact) mass is 828 g/mol. The molecule has 0 saturated heterocycles. The van der Waals surface area contributed by atoms with Crippen LogP contribution in [0.2, 0.25) is 0 Å². The van der Waals surface area contributed by atoms with E-state index in [2.05, 4.69) is 246 Å². The van der Waals surface area contributed by atoms with E-state index in [-0.39, 0.29) is 0 Å². The lowest BCUT2D eigenvalue weighted by Crippen LogP contribution is -2.35.